The van der Waals surface area contributed by atoms with Gasteiger partial charge in [0.15, 0.2) is 0 Å². The maximum Gasteiger partial charge on any atom is 0.272 e. The lowest BCUT2D eigenvalue weighted by atomic mass is 10.3. The summed E-state index contributed by atoms with van der Waals surface area (Å²) in [6.07, 6.45) is 1.62. The molecule has 1 aromatic rings. The van der Waals surface area contributed by atoms with Gasteiger partial charge in [0.05, 0.1) is 6.61 Å². The van der Waals surface area contributed by atoms with Crippen molar-refractivity contribution in [3.63, 3.8) is 0 Å². The molecule has 1 aromatic heterocycles. The highest BCUT2D eigenvalue weighted by atomic mass is 79.9. The third-order valence-electron chi connectivity index (χ3n) is 1.94. The predicted molar refractivity (Wildman–Crippen MR) is 65.1 cm³/mol. The molecule has 86 valence electrons. The molecule has 0 aromatic carbocycles. The molecular formula is C11H13BrN2O2. The summed E-state index contributed by atoms with van der Waals surface area (Å²) in [4.78, 5) is 17.5. The van der Waals surface area contributed by atoms with Crippen LogP contribution in [0.5, 0.6) is 0 Å². The van der Waals surface area contributed by atoms with Crippen LogP contribution in [0.15, 0.2) is 35.5 Å². The summed E-state index contributed by atoms with van der Waals surface area (Å²) in [6, 6.07) is 5.14. The fourth-order valence-electron chi connectivity index (χ4n) is 1.24. The second kappa shape index (κ2) is 6.40. The molecule has 0 saturated carbocycles. The van der Waals surface area contributed by atoms with Crippen LogP contribution in [0.1, 0.15) is 10.5 Å². The number of nitrogens with zero attached hydrogens (tertiary/aromatic N) is 2. The number of hydrogen-bond donors (Lipinski definition) is 1. The zero-order valence-corrected chi connectivity index (χ0v) is 10.4. The van der Waals surface area contributed by atoms with E-state index in [-0.39, 0.29) is 19.1 Å². The standard InChI is InChI=1S/C11H13BrN2O2/c1-2-6-14(7-8-15)11(16)9-4-3-5-10(12)13-9/h2-5,15H,1,6-8H2. The highest BCUT2D eigenvalue weighted by Crippen LogP contribution is 2.08. The highest BCUT2D eigenvalue weighted by Gasteiger charge is 2.15. The normalized spacial score (nSPS) is 9.88. The number of carbonyl (C=O) groups is 1. The largest absolute Gasteiger partial charge is 0.395 e. The minimum atomic E-state index is -0.213. The Labute approximate surface area is 103 Å². The first kappa shape index (κ1) is 12.9. The molecular weight excluding hydrogens is 272 g/mol. The Balaban J connectivity index is 2.85. The number of hydrogen-bond acceptors (Lipinski definition) is 3. The lowest BCUT2D eigenvalue weighted by Gasteiger charge is -2.19. The molecule has 5 heteroatoms. The lowest BCUT2D eigenvalue weighted by Crippen LogP contribution is -2.34. The minimum absolute atomic E-state index is 0.0758. The van der Waals surface area contributed by atoms with Crippen LogP contribution in [-0.2, 0) is 0 Å². The Kier molecular flexibility index (Phi) is 5.14. The summed E-state index contributed by atoms with van der Waals surface area (Å²) in [6.45, 7) is 4.17. The Bertz CT molecular complexity index is 382. The monoisotopic (exact) mass is 284 g/mol. The molecule has 0 aliphatic rings. The van der Waals surface area contributed by atoms with Crippen LogP contribution in [0.3, 0.4) is 0 Å². The van der Waals surface area contributed by atoms with Crippen molar-refractivity contribution in [2.45, 2.75) is 0 Å². The van der Waals surface area contributed by atoms with Gasteiger partial charge in [0.2, 0.25) is 0 Å². The van der Waals surface area contributed by atoms with Crippen molar-refractivity contribution in [3.05, 3.63) is 41.2 Å². The fraction of sp³-hybridized carbons (Fsp3) is 0.273. The van der Waals surface area contributed by atoms with E-state index >= 15 is 0 Å². The van der Waals surface area contributed by atoms with E-state index in [0.717, 1.165) is 0 Å². The zero-order valence-electron chi connectivity index (χ0n) is 8.77. The number of rotatable bonds is 5. The summed E-state index contributed by atoms with van der Waals surface area (Å²) < 4.78 is 0.612. The van der Waals surface area contributed by atoms with Crippen LogP contribution in [0, 0.1) is 0 Å². The molecule has 0 bridgehead atoms. The summed E-state index contributed by atoms with van der Waals surface area (Å²) in [5.41, 5.74) is 0.352. The molecule has 0 spiro atoms. The maximum absolute atomic E-state index is 12.0. The van der Waals surface area contributed by atoms with Gasteiger partial charge < -0.3 is 10.0 Å². The first-order chi connectivity index (χ1) is 7.69. The molecule has 0 unspecified atom stereocenters. The van der Waals surface area contributed by atoms with E-state index in [2.05, 4.69) is 27.5 Å². The summed E-state index contributed by atoms with van der Waals surface area (Å²) >= 11 is 3.21. The summed E-state index contributed by atoms with van der Waals surface area (Å²) in [7, 11) is 0. The zero-order chi connectivity index (χ0) is 12.0. The number of amides is 1. The van der Waals surface area contributed by atoms with Crippen molar-refractivity contribution in [1.29, 1.82) is 0 Å². The molecule has 0 fully saturated rings. The molecule has 0 aliphatic carbocycles. The second-order valence-electron chi connectivity index (χ2n) is 3.11. The van der Waals surface area contributed by atoms with Crippen LogP contribution in [0.2, 0.25) is 0 Å². The van der Waals surface area contributed by atoms with Gasteiger partial charge in [0.1, 0.15) is 10.3 Å². The maximum atomic E-state index is 12.0. The van der Waals surface area contributed by atoms with Crippen LogP contribution < -0.4 is 0 Å². The van der Waals surface area contributed by atoms with Crippen LogP contribution in [0.4, 0.5) is 0 Å². The third-order valence-corrected chi connectivity index (χ3v) is 2.38. The first-order valence-electron chi connectivity index (χ1n) is 4.82. The van der Waals surface area contributed by atoms with Crippen molar-refractivity contribution >= 4 is 21.8 Å². The van der Waals surface area contributed by atoms with E-state index in [1.165, 1.54) is 4.90 Å². The van der Waals surface area contributed by atoms with Gasteiger partial charge in [-0.15, -0.1) is 6.58 Å². The summed E-state index contributed by atoms with van der Waals surface area (Å²) in [5.74, 6) is -0.213. The number of aliphatic hydroxyl groups is 1. The third kappa shape index (κ3) is 3.43. The molecule has 1 amide bonds. The number of aliphatic hydroxyl groups excluding tert-OH is 1. The predicted octanol–water partition coefficient (Wildman–Crippen LogP) is 1.46. The van der Waals surface area contributed by atoms with Crippen LogP contribution in [-0.4, -0.2) is 40.6 Å². The van der Waals surface area contributed by atoms with Gasteiger partial charge in [-0.2, -0.15) is 0 Å². The van der Waals surface area contributed by atoms with Gasteiger partial charge >= 0.3 is 0 Å². The topological polar surface area (TPSA) is 53.4 Å². The highest BCUT2D eigenvalue weighted by molar-refractivity contribution is 9.10. The van der Waals surface area contributed by atoms with Crippen molar-refractivity contribution in [3.8, 4) is 0 Å². The van der Waals surface area contributed by atoms with Gasteiger partial charge in [-0.05, 0) is 28.1 Å². The molecule has 0 saturated heterocycles. The van der Waals surface area contributed by atoms with E-state index in [4.69, 9.17) is 5.11 Å². The lowest BCUT2D eigenvalue weighted by molar-refractivity contribution is 0.0737. The fourth-order valence-corrected chi connectivity index (χ4v) is 1.59. The van der Waals surface area contributed by atoms with E-state index in [9.17, 15) is 4.79 Å². The van der Waals surface area contributed by atoms with E-state index in [1.54, 1.807) is 24.3 Å². The summed E-state index contributed by atoms with van der Waals surface area (Å²) in [5, 5.41) is 8.86. The average Bonchev–Trinajstić information content (AvgIpc) is 2.28. The smallest absolute Gasteiger partial charge is 0.272 e. The molecule has 1 heterocycles. The van der Waals surface area contributed by atoms with Gasteiger partial charge in [-0.1, -0.05) is 12.1 Å². The van der Waals surface area contributed by atoms with Crippen molar-refractivity contribution in [2.24, 2.45) is 0 Å². The number of pyridine rings is 1. The first-order valence-corrected chi connectivity index (χ1v) is 5.62. The number of halogens is 1. The molecule has 4 nitrogen and oxygen atoms in total. The van der Waals surface area contributed by atoms with E-state index in [1.807, 2.05) is 0 Å². The van der Waals surface area contributed by atoms with Gasteiger partial charge in [-0.25, -0.2) is 4.98 Å². The van der Waals surface area contributed by atoms with Crippen molar-refractivity contribution in [1.82, 2.24) is 9.88 Å². The second-order valence-corrected chi connectivity index (χ2v) is 3.92. The molecule has 0 atom stereocenters. The Morgan fingerprint density at radius 1 is 1.62 bits per heavy atom. The molecule has 16 heavy (non-hydrogen) atoms. The average molecular weight is 285 g/mol. The van der Waals surface area contributed by atoms with E-state index < -0.39 is 0 Å². The molecule has 0 radical (unpaired) electrons. The van der Waals surface area contributed by atoms with Gasteiger partial charge in [0, 0.05) is 13.1 Å². The quantitative estimate of drug-likeness (QED) is 0.658. The Morgan fingerprint density at radius 2 is 2.38 bits per heavy atom. The molecule has 0 aliphatic heterocycles. The number of aromatic nitrogens is 1. The van der Waals surface area contributed by atoms with Crippen LogP contribution >= 0.6 is 15.9 Å². The van der Waals surface area contributed by atoms with Crippen molar-refractivity contribution in [2.75, 3.05) is 19.7 Å². The Morgan fingerprint density at radius 3 is 2.94 bits per heavy atom. The number of carbonyl (C=O) groups excluding carboxylic acids is 1. The molecule has 1 N–H and O–H groups in total. The van der Waals surface area contributed by atoms with E-state index in [0.29, 0.717) is 16.8 Å². The van der Waals surface area contributed by atoms with Crippen molar-refractivity contribution < 1.29 is 9.90 Å². The van der Waals surface area contributed by atoms with Crippen LogP contribution in [0.25, 0.3) is 0 Å². The van der Waals surface area contributed by atoms with Gasteiger partial charge in [-0.3, -0.25) is 4.79 Å². The van der Waals surface area contributed by atoms with Gasteiger partial charge in [0.25, 0.3) is 5.91 Å². The minimum Gasteiger partial charge on any atom is -0.395 e. The SMILES string of the molecule is C=CCN(CCO)C(=O)c1cccc(Br)n1. The Hall–Kier alpha value is -1.20. The molecule has 1 rings (SSSR count).